The molecule has 0 aliphatic rings. The number of thioether (sulfide) groups is 1. The van der Waals surface area contributed by atoms with Gasteiger partial charge in [0, 0.05) is 68.5 Å². The molecule has 0 bridgehead atoms. The fourth-order valence-electron chi connectivity index (χ4n) is 11.5. The van der Waals surface area contributed by atoms with Gasteiger partial charge in [0.25, 0.3) is 0 Å². The zero-order valence-electron chi connectivity index (χ0n) is 63.8. The van der Waals surface area contributed by atoms with Crippen molar-refractivity contribution < 1.29 is 127 Å². The van der Waals surface area contributed by atoms with E-state index in [4.69, 9.17) is 11.5 Å². The number of hydrogen-bond acceptors (Lipinski definition) is 22. The maximum atomic E-state index is 14.6. The number of aromatic nitrogens is 1. The van der Waals surface area contributed by atoms with E-state index >= 15 is 0 Å². The van der Waals surface area contributed by atoms with Gasteiger partial charge in [-0.3, -0.25) is 91.1 Å². The molecule has 42 heteroatoms. The predicted octanol–water partition coefficient (Wildman–Crippen LogP) is -3.22. The second-order valence-electron chi connectivity index (χ2n) is 27.4. The Morgan fingerprint density at radius 3 is 1.21 bits per heavy atom. The number of benzene rings is 3. The van der Waals surface area contributed by atoms with Crippen molar-refractivity contribution >= 4 is 135 Å². The van der Waals surface area contributed by atoms with Gasteiger partial charge >= 0.3 is 35.8 Å². The second-order valence-corrected chi connectivity index (χ2v) is 28.4. The van der Waals surface area contributed by atoms with Crippen LogP contribution in [0.2, 0.25) is 0 Å². The number of carbonyl (C=O) groups excluding carboxylic acids is 13. The van der Waals surface area contributed by atoms with Crippen LogP contribution >= 0.6 is 11.8 Å². The molecule has 3 aromatic carbocycles. The molecule has 0 aliphatic carbocycles. The van der Waals surface area contributed by atoms with Gasteiger partial charge in [-0.15, -0.1) is 0 Å². The SMILES string of the molecule is CSCCC(NC(=O)C(Cc1c[nH]c2ccccc12)NC(=O)CNC(=O)C(Cc1ccc(O)cc1)NC(=O)C(C)NC(=O)C(CCC(=O)O)NC(=O)C(CCC(=O)O)NC(=O)C(CCC(=O)O)NC(=O)C(CCC(=O)O)NC(=O)C(CCC(=O)O)NC(=O)C(N)CC(C)C)C(=O)NC(CC(=O)O)C(=O)NC(Cc1ccccc1)C(N)=O. The van der Waals surface area contributed by atoms with Gasteiger partial charge in [-0.2, -0.15) is 11.8 Å². The summed E-state index contributed by atoms with van der Waals surface area (Å²) in [4.78, 5) is 255. The van der Waals surface area contributed by atoms with E-state index in [1.54, 1.807) is 80.9 Å². The van der Waals surface area contributed by atoms with Crippen molar-refractivity contribution in [2.75, 3.05) is 18.6 Å². The van der Waals surface area contributed by atoms with E-state index in [-0.39, 0.29) is 43.1 Å². The highest BCUT2D eigenvalue weighted by Crippen LogP contribution is 2.21. The van der Waals surface area contributed by atoms with Gasteiger partial charge in [0.15, 0.2) is 0 Å². The van der Waals surface area contributed by atoms with Gasteiger partial charge in [-0.05, 0) is 105 Å². The molecule has 1 heterocycles. The second kappa shape index (κ2) is 48.3. The summed E-state index contributed by atoms with van der Waals surface area (Å²) < 4.78 is 0. The molecule has 13 amide bonds. The summed E-state index contributed by atoms with van der Waals surface area (Å²) in [6.07, 6.45) is -6.48. The minimum atomic E-state index is -2.04. The number of primary amides is 1. The van der Waals surface area contributed by atoms with Crippen LogP contribution in [-0.2, 0) is 110 Å². The number of phenols is 1. The Balaban J connectivity index is 1.59. The molecule has 0 saturated carbocycles. The third-order valence-electron chi connectivity index (χ3n) is 17.6. The molecule has 632 valence electrons. The summed E-state index contributed by atoms with van der Waals surface area (Å²) in [6.45, 7) is 3.63. The lowest BCUT2D eigenvalue weighted by molar-refractivity contribution is -0.141. The predicted molar refractivity (Wildman–Crippen MR) is 410 cm³/mol. The van der Waals surface area contributed by atoms with Crippen molar-refractivity contribution in [3.63, 3.8) is 0 Å². The highest BCUT2D eigenvalue weighted by Gasteiger charge is 2.38. The van der Waals surface area contributed by atoms with Crippen LogP contribution in [0.15, 0.2) is 85.1 Å². The van der Waals surface area contributed by atoms with Crippen LogP contribution in [0.25, 0.3) is 10.9 Å². The number of rotatable bonds is 53. The molecule has 0 aliphatic heterocycles. The zero-order valence-corrected chi connectivity index (χ0v) is 64.6. The molecule has 12 unspecified atom stereocenters. The molecule has 12 atom stereocenters. The number of nitrogens with one attached hydrogen (secondary N) is 13. The Morgan fingerprint density at radius 1 is 0.397 bits per heavy atom. The summed E-state index contributed by atoms with van der Waals surface area (Å²) >= 11 is 1.25. The topological polar surface area (TPSA) is 678 Å². The number of phenolic OH excluding ortho intramolecular Hbond substituents is 1. The Bertz CT molecular complexity index is 4170. The van der Waals surface area contributed by atoms with E-state index < -0.39 is 269 Å². The summed E-state index contributed by atoms with van der Waals surface area (Å²) in [5, 5.41) is 96.5. The molecular weight excluding hydrogens is 1550 g/mol. The lowest BCUT2D eigenvalue weighted by Crippen LogP contribution is -2.60. The molecule has 4 rings (SSSR count). The number of para-hydroxylation sites is 1. The van der Waals surface area contributed by atoms with Crippen LogP contribution in [0.4, 0.5) is 0 Å². The summed E-state index contributed by atoms with van der Waals surface area (Å²) in [6, 6.07) is 0.00107. The lowest BCUT2D eigenvalue weighted by Gasteiger charge is -2.27. The van der Waals surface area contributed by atoms with Gasteiger partial charge < -0.3 is 116 Å². The van der Waals surface area contributed by atoms with E-state index in [2.05, 4.69) is 68.8 Å². The number of carbonyl (C=O) groups is 19. The first-order valence-corrected chi connectivity index (χ1v) is 38.0. The smallest absolute Gasteiger partial charge is 0.305 e. The van der Waals surface area contributed by atoms with Crippen LogP contribution in [0, 0.1) is 5.92 Å². The van der Waals surface area contributed by atoms with Gasteiger partial charge in [-0.1, -0.05) is 74.5 Å². The van der Waals surface area contributed by atoms with Crippen molar-refractivity contribution in [1.82, 2.24) is 68.8 Å². The molecule has 41 nitrogen and oxygen atoms in total. The Kier molecular flexibility index (Phi) is 39.8. The molecule has 4 aromatic rings. The summed E-state index contributed by atoms with van der Waals surface area (Å²) in [5.41, 5.74) is 13.5. The Hall–Kier alpha value is -12.8. The monoisotopic (exact) mass is 1650 g/mol. The minimum absolute atomic E-state index is 0.0928. The van der Waals surface area contributed by atoms with E-state index in [9.17, 15) is 127 Å². The molecule has 116 heavy (non-hydrogen) atoms. The summed E-state index contributed by atoms with van der Waals surface area (Å²) in [5.74, 6) is -24.2. The molecule has 0 spiro atoms. The minimum Gasteiger partial charge on any atom is -0.508 e. The van der Waals surface area contributed by atoms with Gasteiger partial charge in [-0.25, -0.2) is 0 Å². The third kappa shape index (κ3) is 34.7. The van der Waals surface area contributed by atoms with Crippen LogP contribution in [0.1, 0.15) is 121 Å². The highest BCUT2D eigenvalue weighted by molar-refractivity contribution is 7.98. The normalized spacial score (nSPS) is 14.1. The zero-order chi connectivity index (χ0) is 86.5. The van der Waals surface area contributed by atoms with E-state index in [1.165, 1.54) is 36.0 Å². The largest absolute Gasteiger partial charge is 0.508 e. The van der Waals surface area contributed by atoms with Crippen molar-refractivity contribution in [3.05, 3.63) is 102 Å². The molecule has 0 fully saturated rings. The van der Waals surface area contributed by atoms with Crippen molar-refractivity contribution in [1.29, 1.82) is 0 Å². The number of amides is 13. The quantitative estimate of drug-likeness (QED) is 0.0207. The number of carboxylic acid groups (broad SMARTS) is 6. The van der Waals surface area contributed by atoms with Gasteiger partial charge in [0.2, 0.25) is 76.8 Å². The molecule has 24 N–H and O–H groups in total. The van der Waals surface area contributed by atoms with Crippen molar-refractivity contribution in [2.24, 2.45) is 17.4 Å². The lowest BCUT2D eigenvalue weighted by atomic mass is 10.0. The highest BCUT2D eigenvalue weighted by atomic mass is 32.2. The van der Waals surface area contributed by atoms with Gasteiger partial charge in [0.05, 0.1) is 19.0 Å². The van der Waals surface area contributed by atoms with Crippen LogP contribution in [0.3, 0.4) is 0 Å². The first kappa shape index (κ1) is 95.6. The number of fused-ring (bicyclic) bond motifs is 1. The number of H-pyrrole nitrogens is 1. The van der Waals surface area contributed by atoms with E-state index in [0.717, 1.165) is 6.92 Å². The Labute approximate surface area is 667 Å². The number of hydrogen-bond donors (Lipinski definition) is 22. The first-order valence-electron chi connectivity index (χ1n) is 36.6. The average Bonchev–Trinajstić information content (AvgIpc) is 1.66. The maximum absolute atomic E-state index is 14.6. The molecule has 1 aromatic heterocycles. The van der Waals surface area contributed by atoms with E-state index in [1.807, 2.05) is 0 Å². The van der Waals surface area contributed by atoms with E-state index in [0.29, 0.717) is 27.6 Å². The number of aromatic hydroxyl groups is 1. The fraction of sp³-hybridized carbons (Fsp3) is 0.473. The summed E-state index contributed by atoms with van der Waals surface area (Å²) in [7, 11) is 0. The number of carboxylic acids is 6. The third-order valence-corrected chi connectivity index (χ3v) is 18.2. The number of nitrogens with two attached hydrogens (primary N) is 2. The van der Waals surface area contributed by atoms with Crippen LogP contribution in [-0.4, -0.2) is 244 Å². The number of aliphatic carboxylic acids is 6. The maximum Gasteiger partial charge on any atom is 0.305 e. The van der Waals surface area contributed by atoms with Crippen LogP contribution < -0.4 is 75.3 Å². The molecule has 0 saturated heterocycles. The first-order chi connectivity index (χ1) is 54.7. The number of aromatic amines is 1. The molecule has 0 radical (unpaired) electrons. The van der Waals surface area contributed by atoms with Crippen molar-refractivity contribution in [3.8, 4) is 5.75 Å². The Morgan fingerprint density at radius 2 is 0.767 bits per heavy atom. The van der Waals surface area contributed by atoms with Crippen LogP contribution in [0.5, 0.6) is 5.75 Å². The fourth-order valence-corrected chi connectivity index (χ4v) is 11.9. The van der Waals surface area contributed by atoms with Crippen molar-refractivity contribution in [2.45, 2.75) is 196 Å². The molecular formula is C74H99N15O26S. The standard InChI is InChI=1S/C74H99N15O26S/c1-37(2)30-44(75)65(106)81-47(19-24-58(94)95)68(109)83-49(21-26-60(98)99)70(111)85-50(22-27-61(100)101)71(112)84-48(20-25-59(96)97)69(110)82-46(18-23-57(92)93)67(108)79-38(3)64(105)88-53(32-40-14-16-42(90)17-15-40)66(107)78-36-56(91)80-54(33-41-35-77-45-13-9-8-12-43(41)45)73(114)86-51(28-29-116-4)72(113)89-55(34-62(102)103)74(115)87-52(63(76)104)31-39-10-6-5-7-11-39/h5-17,35,37-38,44,46-55,77,90H,18-34,36,75H2,1-4H3,(H2,76,104)(H,78,107)(H,79,108)(H,80,91)(H,81,106)(H,82,110)(H,83,109)(H,84,112)(H,85,111)(H,86,114)(H,87,115)(H,88,105)(H,89,113)(H,92,93)(H,94,95)(H,96,97)(H,98,99)(H,100,101)(H,102,103). The average molecular weight is 1650 g/mol. The van der Waals surface area contributed by atoms with Gasteiger partial charge in [0.1, 0.15) is 72.2 Å².